The first-order chi connectivity index (χ1) is 6.33. The molecule has 0 radical (unpaired) electrons. The molecule has 0 saturated carbocycles. The molecule has 1 fully saturated rings. The molecule has 1 aliphatic rings. The van der Waals surface area contributed by atoms with Crippen LogP contribution in [0, 0.1) is 5.92 Å². The van der Waals surface area contributed by atoms with Crippen molar-refractivity contribution in [2.75, 3.05) is 19.8 Å². The van der Waals surface area contributed by atoms with Crippen molar-refractivity contribution in [3.05, 3.63) is 0 Å². The first-order valence-electron chi connectivity index (χ1n) is 5.17. The molecule has 1 atom stereocenters. The van der Waals surface area contributed by atoms with Crippen LogP contribution in [0.1, 0.15) is 33.6 Å². The largest absolute Gasteiger partial charge is 0.381 e. The fourth-order valence-corrected chi connectivity index (χ4v) is 1.13. The summed E-state index contributed by atoms with van der Waals surface area (Å²) in [6.07, 6.45) is 1.66. The van der Waals surface area contributed by atoms with Gasteiger partial charge in [-0.2, -0.15) is 0 Å². The standard InChI is InChI=1S/C8H15NO2.C2H6/c1-2-8(10)9-5-7-3-4-11-6-7;1-2/h7H,2-6H2,1H3,(H,9,10);1-2H3. The maximum absolute atomic E-state index is 10.8. The highest BCUT2D eigenvalue weighted by Crippen LogP contribution is 2.10. The van der Waals surface area contributed by atoms with Gasteiger partial charge in [0, 0.05) is 25.5 Å². The highest BCUT2D eigenvalue weighted by atomic mass is 16.5. The number of amides is 1. The molecule has 1 amide bonds. The second-order valence-electron chi connectivity index (χ2n) is 2.89. The molecule has 0 bridgehead atoms. The Morgan fingerprint density at radius 2 is 2.23 bits per heavy atom. The Hall–Kier alpha value is -0.570. The molecule has 0 aliphatic carbocycles. The summed E-state index contributed by atoms with van der Waals surface area (Å²) in [6.45, 7) is 8.31. The Labute approximate surface area is 80.8 Å². The minimum absolute atomic E-state index is 0.136. The molecule has 0 aromatic heterocycles. The maximum atomic E-state index is 10.8. The van der Waals surface area contributed by atoms with E-state index in [1.807, 2.05) is 20.8 Å². The van der Waals surface area contributed by atoms with Crippen LogP contribution >= 0.6 is 0 Å². The molecule has 3 heteroatoms. The second kappa shape index (κ2) is 8.05. The lowest BCUT2D eigenvalue weighted by Crippen LogP contribution is -2.28. The maximum Gasteiger partial charge on any atom is 0.219 e. The molecule has 13 heavy (non-hydrogen) atoms. The number of carbonyl (C=O) groups excluding carboxylic acids is 1. The zero-order valence-corrected chi connectivity index (χ0v) is 8.93. The summed E-state index contributed by atoms with van der Waals surface area (Å²) >= 11 is 0. The Morgan fingerprint density at radius 1 is 1.54 bits per heavy atom. The third-order valence-corrected chi connectivity index (χ3v) is 1.93. The van der Waals surface area contributed by atoms with E-state index in [1.54, 1.807) is 0 Å². The van der Waals surface area contributed by atoms with E-state index in [9.17, 15) is 4.79 Å². The van der Waals surface area contributed by atoms with Crippen LogP contribution in [-0.4, -0.2) is 25.7 Å². The molecule has 78 valence electrons. The fraction of sp³-hybridized carbons (Fsp3) is 0.900. The van der Waals surface area contributed by atoms with Crippen LogP contribution in [0.5, 0.6) is 0 Å². The van der Waals surface area contributed by atoms with Crippen LogP contribution in [-0.2, 0) is 9.53 Å². The van der Waals surface area contributed by atoms with Crippen molar-refractivity contribution in [3.63, 3.8) is 0 Å². The normalized spacial score (nSPS) is 20.4. The smallest absolute Gasteiger partial charge is 0.219 e. The summed E-state index contributed by atoms with van der Waals surface area (Å²) in [5.74, 6) is 0.683. The first-order valence-corrected chi connectivity index (χ1v) is 5.17. The van der Waals surface area contributed by atoms with Crippen molar-refractivity contribution in [1.82, 2.24) is 5.32 Å². The SMILES string of the molecule is CC.CCC(=O)NCC1CCOC1. The predicted octanol–water partition coefficient (Wildman–Crippen LogP) is 1.58. The highest BCUT2D eigenvalue weighted by molar-refractivity contribution is 5.75. The average molecular weight is 187 g/mol. The average Bonchev–Trinajstić information content (AvgIpc) is 2.70. The Bertz CT molecular complexity index is 131. The van der Waals surface area contributed by atoms with Crippen LogP contribution in [0.2, 0.25) is 0 Å². The van der Waals surface area contributed by atoms with Crippen molar-refractivity contribution in [2.24, 2.45) is 5.92 Å². The predicted molar refractivity (Wildman–Crippen MR) is 53.6 cm³/mol. The lowest BCUT2D eigenvalue weighted by molar-refractivity contribution is -0.120. The van der Waals surface area contributed by atoms with E-state index in [2.05, 4.69) is 5.32 Å². The summed E-state index contributed by atoms with van der Waals surface area (Å²) in [5.41, 5.74) is 0. The minimum Gasteiger partial charge on any atom is -0.381 e. The highest BCUT2D eigenvalue weighted by Gasteiger charge is 2.15. The van der Waals surface area contributed by atoms with Crippen molar-refractivity contribution in [2.45, 2.75) is 33.6 Å². The van der Waals surface area contributed by atoms with Gasteiger partial charge in [0.25, 0.3) is 0 Å². The summed E-state index contributed by atoms with van der Waals surface area (Å²) in [7, 11) is 0. The Morgan fingerprint density at radius 3 is 2.69 bits per heavy atom. The molecule has 1 saturated heterocycles. The topological polar surface area (TPSA) is 38.3 Å². The molecule has 1 heterocycles. The Balaban J connectivity index is 0.000000671. The molecule has 1 rings (SSSR count). The summed E-state index contributed by atoms with van der Waals surface area (Å²) in [4.78, 5) is 10.8. The summed E-state index contributed by atoms with van der Waals surface area (Å²) in [5, 5.41) is 2.86. The number of hydrogen-bond donors (Lipinski definition) is 1. The van der Waals surface area contributed by atoms with Gasteiger partial charge in [-0.25, -0.2) is 0 Å². The van der Waals surface area contributed by atoms with Crippen LogP contribution in [0.3, 0.4) is 0 Å². The number of nitrogens with one attached hydrogen (secondary N) is 1. The zero-order chi connectivity index (χ0) is 10.1. The third kappa shape index (κ3) is 5.64. The molecule has 0 aromatic carbocycles. The molecule has 0 spiro atoms. The molecule has 3 nitrogen and oxygen atoms in total. The molecule has 1 unspecified atom stereocenters. The summed E-state index contributed by atoms with van der Waals surface area (Å²) in [6, 6.07) is 0. The van der Waals surface area contributed by atoms with Gasteiger partial charge in [0.2, 0.25) is 5.91 Å². The van der Waals surface area contributed by atoms with E-state index >= 15 is 0 Å². The number of hydrogen-bond acceptors (Lipinski definition) is 2. The van der Waals surface area contributed by atoms with E-state index in [0.29, 0.717) is 12.3 Å². The van der Waals surface area contributed by atoms with Crippen molar-refractivity contribution >= 4 is 5.91 Å². The van der Waals surface area contributed by atoms with E-state index in [4.69, 9.17) is 4.74 Å². The lowest BCUT2D eigenvalue weighted by atomic mass is 10.1. The van der Waals surface area contributed by atoms with Gasteiger partial charge in [0.15, 0.2) is 0 Å². The first kappa shape index (κ1) is 12.4. The fourth-order valence-electron chi connectivity index (χ4n) is 1.13. The van der Waals surface area contributed by atoms with E-state index in [1.165, 1.54) is 0 Å². The van der Waals surface area contributed by atoms with Crippen LogP contribution in [0.25, 0.3) is 0 Å². The number of rotatable bonds is 3. The molecule has 1 aliphatic heterocycles. The minimum atomic E-state index is 0.136. The quantitative estimate of drug-likeness (QED) is 0.728. The molecular weight excluding hydrogens is 166 g/mol. The van der Waals surface area contributed by atoms with E-state index in [0.717, 1.165) is 26.2 Å². The van der Waals surface area contributed by atoms with E-state index < -0.39 is 0 Å². The van der Waals surface area contributed by atoms with E-state index in [-0.39, 0.29) is 5.91 Å². The van der Waals surface area contributed by atoms with Gasteiger partial charge in [-0.3, -0.25) is 4.79 Å². The van der Waals surface area contributed by atoms with Crippen LogP contribution in [0.4, 0.5) is 0 Å². The second-order valence-corrected chi connectivity index (χ2v) is 2.89. The number of ether oxygens (including phenoxy) is 1. The van der Waals surface area contributed by atoms with Gasteiger partial charge < -0.3 is 10.1 Å². The molecule has 1 N–H and O–H groups in total. The van der Waals surface area contributed by atoms with Gasteiger partial charge in [0.05, 0.1) is 6.61 Å². The van der Waals surface area contributed by atoms with Gasteiger partial charge in [-0.05, 0) is 6.42 Å². The van der Waals surface area contributed by atoms with Gasteiger partial charge >= 0.3 is 0 Å². The molecular formula is C10H21NO2. The Kier molecular flexibility index (Phi) is 7.69. The van der Waals surface area contributed by atoms with Crippen LogP contribution in [0.15, 0.2) is 0 Å². The molecule has 0 aromatic rings. The van der Waals surface area contributed by atoms with Gasteiger partial charge in [0.1, 0.15) is 0 Å². The number of carbonyl (C=O) groups is 1. The van der Waals surface area contributed by atoms with Crippen molar-refractivity contribution in [3.8, 4) is 0 Å². The van der Waals surface area contributed by atoms with Crippen molar-refractivity contribution < 1.29 is 9.53 Å². The third-order valence-electron chi connectivity index (χ3n) is 1.93. The lowest BCUT2D eigenvalue weighted by Gasteiger charge is -2.07. The monoisotopic (exact) mass is 187 g/mol. The van der Waals surface area contributed by atoms with Gasteiger partial charge in [-0.1, -0.05) is 20.8 Å². The van der Waals surface area contributed by atoms with Crippen molar-refractivity contribution in [1.29, 1.82) is 0 Å². The summed E-state index contributed by atoms with van der Waals surface area (Å²) < 4.78 is 5.17. The van der Waals surface area contributed by atoms with Crippen LogP contribution < -0.4 is 5.32 Å². The van der Waals surface area contributed by atoms with Gasteiger partial charge in [-0.15, -0.1) is 0 Å². The zero-order valence-electron chi connectivity index (χ0n) is 8.93.